The molecule has 1 aromatic rings. The van der Waals surface area contributed by atoms with Crippen LogP contribution in [0.2, 0.25) is 10.0 Å². The van der Waals surface area contributed by atoms with Gasteiger partial charge >= 0.3 is 0 Å². The first-order valence-electron chi connectivity index (χ1n) is 7.92. The molecule has 1 saturated heterocycles. The van der Waals surface area contributed by atoms with Crippen molar-refractivity contribution in [1.82, 2.24) is 10.6 Å². The molecule has 0 aliphatic carbocycles. The van der Waals surface area contributed by atoms with Crippen LogP contribution in [0.3, 0.4) is 0 Å². The first-order chi connectivity index (χ1) is 10.5. The van der Waals surface area contributed by atoms with Gasteiger partial charge in [0.05, 0.1) is 16.1 Å². The first kappa shape index (κ1) is 17.6. The molecule has 0 bridgehead atoms. The van der Waals surface area contributed by atoms with Crippen LogP contribution in [-0.2, 0) is 4.79 Å². The van der Waals surface area contributed by atoms with Crippen LogP contribution < -0.4 is 10.6 Å². The molecule has 0 spiro atoms. The molecule has 0 aromatic heterocycles. The molecule has 2 rings (SSSR count). The van der Waals surface area contributed by atoms with E-state index in [4.69, 9.17) is 23.2 Å². The van der Waals surface area contributed by atoms with E-state index in [9.17, 15) is 4.79 Å². The van der Waals surface area contributed by atoms with E-state index in [0.29, 0.717) is 28.3 Å². The average Bonchev–Trinajstić information content (AvgIpc) is 2.50. The zero-order chi connectivity index (χ0) is 16.1. The monoisotopic (exact) mass is 342 g/mol. The SMILES string of the molecule is CC(NC(=O)CC(C)C1CCNCC1)c1ccc(Cl)c(Cl)c1. The number of amides is 1. The third kappa shape index (κ3) is 4.87. The third-order valence-electron chi connectivity index (χ3n) is 4.52. The topological polar surface area (TPSA) is 41.1 Å². The number of carbonyl (C=O) groups excluding carboxylic acids is 1. The van der Waals surface area contributed by atoms with Crippen LogP contribution >= 0.6 is 23.2 Å². The van der Waals surface area contributed by atoms with Crippen molar-refractivity contribution in [1.29, 1.82) is 0 Å². The molecule has 1 amide bonds. The Morgan fingerprint density at radius 3 is 2.59 bits per heavy atom. The van der Waals surface area contributed by atoms with Gasteiger partial charge in [-0.05, 0) is 62.4 Å². The summed E-state index contributed by atoms with van der Waals surface area (Å²) in [6, 6.07) is 5.41. The lowest BCUT2D eigenvalue weighted by Gasteiger charge is -2.28. The maximum atomic E-state index is 12.2. The second kappa shape index (κ2) is 8.19. The third-order valence-corrected chi connectivity index (χ3v) is 5.26. The molecule has 1 heterocycles. The highest BCUT2D eigenvalue weighted by atomic mass is 35.5. The molecule has 2 N–H and O–H groups in total. The van der Waals surface area contributed by atoms with Gasteiger partial charge < -0.3 is 10.6 Å². The number of hydrogen-bond acceptors (Lipinski definition) is 2. The second-order valence-corrected chi connectivity index (χ2v) is 7.05. The van der Waals surface area contributed by atoms with Crippen LogP contribution in [0.4, 0.5) is 0 Å². The molecule has 22 heavy (non-hydrogen) atoms. The number of carbonyl (C=O) groups is 1. The van der Waals surface area contributed by atoms with Crippen molar-refractivity contribution in [2.24, 2.45) is 11.8 Å². The van der Waals surface area contributed by atoms with E-state index in [1.54, 1.807) is 6.07 Å². The minimum Gasteiger partial charge on any atom is -0.350 e. The molecule has 3 nitrogen and oxygen atoms in total. The van der Waals surface area contributed by atoms with Crippen LogP contribution in [0.1, 0.15) is 44.7 Å². The van der Waals surface area contributed by atoms with Crippen molar-refractivity contribution < 1.29 is 4.79 Å². The van der Waals surface area contributed by atoms with Crippen LogP contribution in [0.15, 0.2) is 18.2 Å². The standard InChI is InChI=1S/C17H24Cl2N2O/c1-11(13-5-7-20-8-6-13)9-17(22)21-12(2)14-3-4-15(18)16(19)10-14/h3-4,10-13,20H,5-9H2,1-2H3,(H,21,22). The highest BCUT2D eigenvalue weighted by molar-refractivity contribution is 6.42. The van der Waals surface area contributed by atoms with Gasteiger partial charge in [0, 0.05) is 6.42 Å². The van der Waals surface area contributed by atoms with E-state index in [0.717, 1.165) is 31.5 Å². The number of halogens is 2. The normalized spacial score (nSPS) is 18.7. The highest BCUT2D eigenvalue weighted by Crippen LogP contribution is 2.27. The summed E-state index contributed by atoms with van der Waals surface area (Å²) in [5.41, 5.74) is 0.970. The summed E-state index contributed by atoms with van der Waals surface area (Å²) in [5.74, 6) is 1.17. The fourth-order valence-corrected chi connectivity index (χ4v) is 3.34. The van der Waals surface area contributed by atoms with Crippen LogP contribution in [0.5, 0.6) is 0 Å². The van der Waals surface area contributed by atoms with Gasteiger partial charge in [-0.15, -0.1) is 0 Å². The highest BCUT2D eigenvalue weighted by Gasteiger charge is 2.22. The summed E-state index contributed by atoms with van der Waals surface area (Å²) >= 11 is 12.0. The Morgan fingerprint density at radius 1 is 1.27 bits per heavy atom. The molecule has 2 unspecified atom stereocenters. The minimum absolute atomic E-state index is 0.0671. The van der Waals surface area contributed by atoms with Crippen molar-refractivity contribution in [2.75, 3.05) is 13.1 Å². The van der Waals surface area contributed by atoms with Gasteiger partial charge in [-0.1, -0.05) is 36.2 Å². The Balaban J connectivity index is 1.86. The molecular weight excluding hydrogens is 319 g/mol. The van der Waals surface area contributed by atoms with E-state index < -0.39 is 0 Å². The Labute approximate surface area is 142 Å². The fourth-order valence-electron chi connectivity index (χ4n) is 3.04. The molecule has 1 aliphatic rings. The maximum absolute atomic E-state index is 12.2. The van der Waals surface area contributed by atoms with Crippen molar-refractivity contribution in [2.45, 2.75) is 39.2 Å². The second-order valence-electron chi connectivity index (χ2n) is 6.23. The Bertz CT molecular complexity index is 515. The molecule has 1 fully saturated rings. The molecule has 1 aliphatic heterocycles. The van der Waals surface area contributed by atoms with Crippen molar-refractivity contribution >= 4 is 29.1 Å². The van der Waals surface area contributed by atoms with E-state index in [2.05, 4.69) is 17.6 Å². The van der Waals surface area contributed by atoms with E-state index in [-0.39, 0.29) is 11.9 Å². The van der Waals surface area contributed by atoms with E-state index in [1.807, 2.05) is 19.1 Å². The Hall–Kier alpha value is -0.770. The molecule has 1 aromatic carbocycles. The molecular formula is C17H24Cl2N2O. The number of rotatable bonds is 5. The van der Waals surface area contributed by atoms with Crippen molar-refractivity contribution in [3.8, 4) is 0 Å². The quantitative estimate of drug-likeness (QED) is 0.841. The zero-order valence-corrected chi connectivity index (χ0v) is 14.7. The van der Waals surface area contributed by atoms with Gasteiger partial charge in [-0.25, -0.2) is 0 Å². The largest absolute Gasteiger partial charge is 0.350 e. The van der Waals surface area contributed by atoms with Gasteiger partial charge in [-0.2, -0.15) is 0 Å². The van der Waals surface area contributed by atoms with Crippen LogP contribution in [-0.4, -0.2) is 19.0 Å². The predicted molar refractivity (Wildman–Crippen MR) is 92.4 cm³/mol. The zero-order valence-electron chi connectivity index (χ0n) is 13.2. The molecule has 5 heteroatoms. The summed E-state index contributed by atoms with van der Waals surface area (Å²) in [6.45, 7) is 6.28. The van der Waals surface area contributed by atoms with Crippen molar-refractivity contribution in [3.63, 3.8) is 0 Å². The predicted octanol–water partition coefficient (Wildman–Crippen LogP) is 4.20. The van der Waals surface area contributed by atoms with Crippen LogP contribution in [0.25, 0.3) is 0 Å². The van der Waals surface area contributed by atoms with Gasteiger partial charge in [0.25, 0.3) is 0 Å². The lowest BCUT2D eigenvalue weighted by Crippen LogP contribution is -2.34. The molecule has 2 atom stereocenters. The molecule has 122 valence electrons. The average molecular weight is 343 g/mol. The number of nitrogens with one attached hydrogen (secondary N) is 2. The van der Waals surface area contributed by atoms with Gasteiger partial charge in [0.1, 0.15) is 0 Å². The summed E-state index contributed by atoms with van der Waals surface area (Å²) in [7, 11) is 0. The Kier molecular flexibility index (Phi) is 6.54. The minimum atomic E-state index is -0.0671. The fraction of sp³-hybridized carbons (Fsp3) is 0.588. The summed E-state index contributed by atoms with van der Waals surface area (Å²) in [4.78, 5) is 12.2. The van der Waals surface area contributed by atoms with E-state index >= 15 is 0 Å². The van der Waals surface area contributed by atoms with Crippen molar-refractivity contribution in [3.05, 3.63) is 33.8 Å². The lowest BCUT2D eigenvalue weighted by atomic mass is 9.84. The lowest BCUT2D eigenvalue weighted by molar-refractivity contribution is -0.123. The van der Waals surface area contributed by atoms with Gasteiger partial charge in [0.2, 0.25) is 5.91 Å². The summed E-state index contributed by atoms with van der Waals surface area (Å²) < 4.78 is 0. The first-order valence-corrected chi connectivity index (χ1v) is 8.68. The molecule has 0 radical (unpaired) electrons. The van der Waals surface area contributed by atoms with E-state index in [1.165, 1.54) is 0 Å². The van der Waals surface area contributed by atoms with Gasteiger partial charge in [-0.3, -0.25) is 4.79 Å². The van der Waals surface area contributed by atoms with Gasteiger partial charge in [0.15, 0.2) is 0 Å². The van der Waals surface area contributed by atoms with Crippen LogP contribution in [0, 0.1) is 11.8 Å². The molecule has 0 saturated carbocycles. The number of benzene rings is 1. The number of hydrogen-bond donors (Lipinski definition) is 2. The maximum Gasteiger partial charge on any atom is 0.220 e. The summed E-state index contributed by atoms with van der Waals surface area (Å²) in [5, 5.41) is 7.47. The smallest absolute Gasteiger partial charge is 0.220 e. The Morgan fingerprint density at radius 2 is 1.95 bits per heavy atom. The summed E-state index contributed by atoms with van der Waals surface area (Å²) in [6.07, 6.45) is 2.91. The number of piperidine rings is 1.